The third kappa shape index (κ3) is 6.45. The molecule has 0 saturated heterocycles. The van der Waals surface area contributed by atoms with Crippen LogP contribution >= 0.6 is 0 Å². The first kappa shape index (κ1) is 24.0. The van der Waals surface area contributed by atoms with E-state index in [1.807, 2.05) is 30.3 Å². The highest BCUT2D eigenvalue weighted by atomic mass is 16.6. The number of rotatable bonds is 11. The van der Waals surface area contributed by atoms with Crippen molar-refractivity contribution in [3.63, 3.8) is 0 Å². The topological polar surface area (TPSA) is 113 Å². The molecule has 0 spiro atoms. The van der Waals surface area contributed by atoms with Crippen molar-refractivity contribution < 1.29 is 29.5 Å². The van der Waals surface area contributed by atoms with Gasteiger partial charge >= 0.3 is 0 Å². The van der Waals surface area contributed by atoms with Crippen LogP contribution in [0, 0.1) is 0 Å². The molecule has 1 aliphatic rings. The average Bonchev–Trinajstić information content (AvgIpc) is 2.87. The Morgan fingerprint density at radius 3 is 2.85 bits per heavy atom. The molecule has 0 fully saturated rings. The lowest BCUT2D eigenvalue weighted by Gasteiger charge is -2.27. The molecule has 180 valence electrons. The van der Waals surface area contributed by atoms with Crippen molar-refractivity contribution in [2.45, 2.75) is 31.8 Å². The first-order chi connectivity index (χ1) is 16.6. The van der Waals surface area contributed by atoms with E-state index in [1.54, 1.807) is 24.5 Å². The molecule has 0 aliphatic carbocycles. The summed E-state index contributed by atoms with van der Waals surface area (Å²) in [4.78, 5) is 4.08. The van der Waals surface area contributed by atoms with Crippen molar-refractivity contribution in [3.05, 3.63) is 83.2 Å². The number of benzene rings is 2. The van der Waals surface area contributed by atoms with Crippen LogP contribution in [0.15, 0.2) is 60.9 Å². The van der Waals surface area contributed by atoms with Gasteiger partial charge in [-0.15, -0.1) is 0 Å². The van der Waals surface area contributed by atoms with E-state index >= 15 is 0 Å². The molecule has 1 aliphatic heterocycles. The molecule has 2 atom stereocenters. The van der Waals surface area contributed by atoms with Crippen molar-refractivity contribution in [2.24, 2.45) is 0 Å². The van der Waals surface area contributed by atoms with Crippen LogP contribution in [0.2, 0.25) is 0 Å². The van der Waals surface area contributed by atoms with Crippen LogP contribution in [0.25, 0.3) is 0 Å². The van der Waals surface area contributed by atoms with E-state index in [2.05, 4.69) is 10.3 Å². The van der Waals surface area contributed by atoms with E-state index in [0.717, 1.165) is 23.3 Å². The van der Waals surface area contributed by atoms with Gasteiger partial charge in [0, 0.05) is 24.5 Å². The fourth-order valence-corrected chi connectivity index (χ4v) is 3.72. The van der Waals surface area contributed by atoms with Crippen molar-refractivity contribution in [1.29, 1.82) is 0 Å². The number of aromatic nitrogens is 1. The second kappa shape index (κ2) is 11.8. The molecule has 0 unspecified atom stereocenters. The number of nitrogens with one attached hydrogen (secondary N) is 1. The zero-order chi connectivity index (χ0) is 23.8. The number of fused-ring (bicyclic) bond motifs is 1. The predicted molar refractivity (Wildman–Crippen MR) is 126 cm³/mol. The molecule has 0 saturated carbocycles. The lowest BCUT2D eigenvalue weighted by molar-refractivity contribution is 0.00260. The monoisotopic (exact) mass is 466 g/mol. The summed E-state index contributed by atoms with van der Waals surface area (Å²) in [6, 6.07) is 14.5. The van der Waals surface area contributed by atoms with Gasteiger partial charge in [-0.2, -0.15) is 0 Å². The maximum absolute atomic E-state index is 10.4. The molecular weight excluding hydrogens is 436 g/mol. The molecular formula is C26H30N2O6. The third-order valence-electron chi connectivity index (χ3n) is 5.61. The average molecular weight is 467 g/mol. The molecule has 0 bridgehead atoms. The Morgan fingerprint density at radius 2 is 2.03 bits per heavy atom. The predicted octanol–water partition coefficient (Wildman–Crippen LogP) is 2.50. The summed E-state index contributed by atoms with van der Waals surface area (Å²) in [5.41, 5.74) is 3.14. The minimum Gasteiger partial charge on any atom is -0.508 e. The van der Waals surface area contributed by atoms with Crippen LogP contribution in [0.4, 0.5) is 0 Å². The maximum atomic E-state index is 10.4. The van der Waals surface area contributed by atoms with E-state index in [4.69, 9.17) is 14.2 Å². The Balaban J connectivity index is 1.22. The minimum absolute atomic E-state index is 0.0207. The van der Waals surface area contributed by atoms with Crippen molar-refractivity contribution in [3.8, 4) is 17.2 Å². The molecule has 2 aromatic carbocycles. The molecule has 8 heteroatoms. The Kier molecular flexibility index (Phi) is 8.32. The number of phenols is 1. The number of aromatic hydroxyl groups is 1. The summed E-state index contributed by atoms with van der Waals surface area (Å²) in [7, 11) is 0. The molecule has 0 amide bonds. The highest BCUT2D eigenvalue weighted by Crippen LogP contribution is 2.33. The number of pyridine rings is 1. The molecule has 1 aromatic heterocycles. The standard InChI is InChI=1S/C26H30N2O6/c29-14-21-11-20(4-5-23(21)30)24(31)13-28-9-7-18-3-6-25-26(10-18)34-22(17-33-25)16-32-15-19-2-1-8-27-12-19/h1-6,8,10-12,22,24,28-31H,7,9,13-17H2/t22-,24+/m1/s1. The van der Waals surface area contributed by atoms with Gasteiger partial charge in [0.05, 0.1) is 25.9 Å². The first-order valence-corrected chi connectivity index (χ1v) is 11.3. The van der Waals surface area contributed by atoms with E-state index in [0.29, 0.717) is 49.8 Å². The van der Waals surface area contributed by atoms with Crippen LogP contribution in [-0.2, 0) is 24.4 Å². The number of hydrogen-bond donors (Lipinski definition) is 4. The van der Waals surface area contributed by atoms with Gasteiger partial charge in [0.25, 0.3) is 0 Å². The lowest BCUT2D eigenvalue weighted by atomic mass is 10.1. The molecule has 2 heterocycles. The highest BCUT2D eigenvalue weighted by Gasteiger charge is 2.21. The van der Waals surface area contributed by atoms with Crippen LogP contribution in [-0.4, -0.2) is 52.7 Å². The van der Waals surface area contributed by atoms with Gasteiger partial charge in [0.2, 0.25) is 0 Å². The largest absolute Gasteiger partial charge is 0.508 e. The molecule has 8 nitrogen and oxygen atoms in total. The van der Waals surface area contributed by atoms with E-state index in [9.17, 15) is 15.3 Å². The summed E-state index contributed by atoms with van der Waals surface area (Å²) < 4.78 is 17.7. The second-order valence-electron chi connectivity index (χ2n) is 8.22. The van der Waals surface area contributed by atoms with Gasteiger partial charge in [-0.05, 0) is 60.0 Å². The van der Waals surface area contributed by atoms with Gasteiger partial charge in [-0.1, -0.05) is 18.2 Å². The van der Waals surface area contributed by atoms with Crippen molar-refractivity contribution in [1.82, 2.24) is 10.3 Å². The number of aliphatic hydroxyl groups is 2. The van der Waals surface area contributed by atoms with Gasteiger partial charge in [0.15, 0.2) is 17.6 Å². The fourth-order valence-electron chi connectivity index (χ4n) is 3.72. The quantitative estimate of drug-likeness (QED) is 0.319. The molecule has 34 heavy (non-hydrogen) atoms. The zero-order valence-corrected chi connectivity index (χ0v) is 18.9. The lowest BCUT2D eigenvalue weighted by Crippen LogP contribution is -2.33. The Bertz CT molecular complexity index is 1060. The Hall–Kier alpha value is -3.17. The van der Waals surface area contributed by atoms with Crippen LogP contribution in [0.5, 0.6) is 17.2 Å². The van der Waals surface area contributed by atoms with Crippen molar-refractivity contribution >= 4 is 0 Å². The number of aliphatic hydroxyl groups excluding tert-OH is 2. The minimum atomic E-state index is -0.737. The number of ether oxygens (including phenoxy) is 3. The highest BCUT2D eigenvalue weighted by molar-refractivity contribution is 5.44. The second-order valence-corrected chi connectivity index (χ2v) is 8.22. The van der Waals surface area contributed by atoms with Gasteiger partial charge in [-0.25, -0.2) is 0 Å². The SMILES string of the molecule is OCc1cc([C@@H](O)CNCCc2ccc3c(c2)O[C@H](COCc2cccnc2)CO3)ccc1O. The molecule has 4 rings (SSSR count). The first-order valence-electron chi connectivity index (χ1n) is 11.3. The third-order valence-corrected chi connectivity index (χ3v) is 5.61. The fraction of sp³-hybridized carbons (Fsp3) is 0.346. The van der Waals surface area contributed by atoms with E-state index < -0.39 is 6.10 Å². The Morgan fingerprint density at radius 1 is 1.12 bits per heavy atom. The zero-order valence-electron chi connectivity index (χ0n) is 18.9. The summed E-state index contributed by atoms with van der Waals surface area (Å²) in [6.07, 6.45) is 3.35. The number of hydrogen-bond acceptors (Lipinski definition) is 8. The normalized spacial score (nSPS) is 15.8. The molecule has 0 radical (unpaired) electrons. The summed E-state index contributed by atoms with van der Waals surface area (Å²) in [5.74, 6) is 1.45. The van der Waals surface area contributed by atoms with E-state index in [-0.39, 0.29) is 18.5 Å². The van der Waals surface area contributed by atoms with E-state index in [1.165, 1.54) is 6.07 Å². The number of nitrogens with zero attached hydrogens (tertiary/aromatic N) is 1. The Labute approximate surface area is 198 Å². The summed E-state index contributed by atoms with van der Waals surface area (Å²) >= 11 is 0. The summed E-state index contributed by atoms with van der Waals surface area (Å²) in [6.45, 7) is 2.09. The smallest absolute Gasteiger partial charge is 0.162 e. The maximum Gasteiger partial charge on any atom is 0.162 e. The van der Waals surface area contributed by atoms with Crippen LogP contribution in [0.1, 0.15) is 28.4 Å². The van der Waals surface area contributed by atoms with Gasteiger partial charge in [-0.3, -0.25) is 4.98 Å². The summed E-state index contributed by atoms with van der Waals surface area (Å²) in [5, 5.41) is 32.6. The molecule has 3 aromatic rings. The molecule has 4 N–H and O–H groups in total. The van der Waals surface area contributed by atoms with Gasteiger partial charge in [0.1, 0.15) is 12.4 Å². The van der Waals surface area contributed by atoms with Crippen molar-refractivity contribution in [2.75, 3.05) is 26.3 Å². The van der Waals surface area contributed by atoms with Crippen LogP contribution in [0.3, 0.4) is 0 Å². The van der Waals surface area contributed by atoms with Gasteiger partial charge < -0.3 is 34.8 Å². The van der Waals surface area contributed by atoms with Crippen LogP contribution < -0.4 is 14.8 Å².